The Balaban J connectivity index is 3.52. The first-order valence-corrected chi connectivity index (χ1v) is 5.21. The summed E-state index contributed by atoms with van der Waals surface area (Å²) in [6, 6.07) is 0. The third kappa shape index (κ3) is 2.25. The summed E-state index contributed by atoms with van der Waals surface area (Å²) in [5.74, 6) is -13.1. The highest BCUT2D eigenvalue weighted by atomic mass is 35.5. The molecular formula is C9H6ClF7N2O. The van der Waals surface area contributed by atoms with Crippen molar-refractivity contribution in [1.29, 1.82) is 0 Å². The number of halogens is 8. The van der Waals surface area contributed by atoms with Crippen LogP contribution in [0.4, 0.5) is 30.7 Å². The molecule has 1 aromatic rings. The Morgan fingerprint density at radius 3 is 1.90 bits per heavy atom. The van der Waals surface area contributed by atoms with Gasteiger partial charge in [-0.2, -0.15) is 35.8 Å². The zero-order valence-electron chi connectivity index (χ0n) is 9.83. The van der Waals surface area contributed by atoms with Gasteiger partial charge in [-0.25, -0.2) is 4.68 Å². The van der Waals surface area contributed by atoms with Crippen LogP contribution in [0, 0.1) is 6.92 Å². The monoisotopic (exact) mass is 326 g/mol. The SMILES string of the molecule is CC(=O)n1nc(C(F)(F)C(F)(F)C(F)(F)F)c(Cl)c1C. The molecule has 0 aromatic carbocycles. The van der Waals surface area contributed by atoms with Gasteiger partial charge in [-0.05, 0) is 6.92 Å². The number of hydrogen-bond acceptors (Lipinski definition) is 2. The summed E-state index contributed by atoms with van der Waals surface area (Å²) in [7, 11) is 0. The first kappa shape index (κ1) is 16.7. The first-order valence-electron chi connectivity index (χ1n) is 4.84. The lowest BCUT2D eigenvalue weighted by Crippen LogP contribution is -2.50. The topological polar surface area (TPSA) is 34.9 Å². The lowest BCUT2D eigenvalue weighted by atomic mass is 10.1. The zero-order valence-corrected chi connectivity index (χ0v) is 10.6. The molecule has 1 heterocycles. The maximum atomic E-state index is 13.4. The van der Waals surface area contributed by atoms with Crippen molar-refractivity contribution in [2.75, 3.05) is 0 Å². The van der Waals surface area contributed by atoms with Crippen molar-refractivity contribution in [2.24, 2.45) is 0 Å². The van der Waals surface area contributed by atoms with Gasteiger partial charge in [0.1, 0.15) is 0 Å². The number of carbonyl (C=O) groups excluding carboxylic acids is 1. The molecule has 0 aliphatic rings. The molecule has 0 atom stereocenters. The Kier molecular flexibility index (Phi) is 3.85. The maximum absolute atomic E-state index is 13.4. The molecule has 0 saturated heterocycles. The number of carbonyl (C=O) groups is 1. The fourth-order valence-electron chi connectivity index (χ4n) is 1.32. The molecule has 0 N–H and O–H groups in total. The molecule has 1 aromatic heterocycles. The standard InChI is InChI=1S/C9H6ClF7N2O/c1-3-5(10)6(18-19(3)4(2)20)7(11,12)8(13,14)9(15,16)17/h1-2H3. The second-order valence-corrected chi connectivity index (χ2v) is 4.20. The van der Waals surface area contributed by atoms with Crippen LogP contribution in [0.1, 0.15) is 23.1 Å². The van der Waals surface area contributed by atoms with E-state index in [9.17, 15) is 35.5 Å². The minimum Gasteiger partial charge on any atom is -0.273 e. The van der Waals surface area contributed by atoms with Crippen molar-refractivity contribution in [2.45, 2.75) is 31.9 Å². The first-order chi connectivity index (χ1) is 8.75. The van der Waals surface area contributed by atoms with Gasteiger partial charge in [0.15, 0.2) is 5.69 Å². The smallest absolute Gasteiger partial charge is 0.273 e. The molecule has 0 amide bonds. The van der Waals surface area contributed by atoms with Crippen molar-refractivity contribution >= 4 is 17.5 Å². The summed E-state index contributed by atoms with van der Waals surface area (Å²) in [6.07, 6.45) is -6.51. The van der Waals surface area contributed by atoms with E-state index in [1.807, 2.05) is 0 Å². The van der Waals surface area contributed by atoms with Crippen molar-refractivity contribution in [3.63, 3.8) is 0 Å². The predicted molar refractivity (Wildman–Crippen MR) is 53.2 cm³/mol. The van der Waals surface area contributed by atoms with Gasteiger partial charge in [0.25, 0.3) is 0 Å². The van der Waals surface area contributed by atoms with E-state index < -0.39 is 40.3 Å². The normalized spacial score (nSPS) is 13.7. The molecule has 3 nitrogen and oxygen atoms in total. The second kappa shape index (κ2) is 4.61. The van der Waals surface area contributed by atoms with E-state index in [1.165, 1.54) is 0 Å². The van der Waals surface area contributed by atoms with Gasteiger partial charge in [-0.1, -0.05) is 11.6 Å². The third-order valence-corrected chi connectivity index (χ3v) is 2.84. The highest BCUT2D eigenvalue weighted by Crippen LogP contribution is 2.52. The summed E-state index contributed by atoms with van der Waals surface area (Å²) in [4.78, 5) is 11.0. The van der Waals surface area contributed by atoms with Crippen molar-refractivity contribution < 1.29 is 35.5 Å². The summed E-state index contributed by atoms with van der Waals surface area (Å²) in [5.41, 5.74) is -2.47. The van der Waals surface area contributed by atoms with Gasteiger partial charge in [0.05, 0.1) is 10.7 Å². The quantitative estimate of drug-likeness (QED) is 0.775. The number of hydrogen-bond donors (Lipinski definition) is 0. The van der Waals surface area contributed by atoms with Gasteiger partial charge in [-0.3, -0.25) is 4.79 Å². The number of alkyl halides is 7. The van der Waals surface area contributed by atoms with E-state index in [4.69, 9.17) is 11.6 Å². The number of aromatic nitrogens is 2. The Hall–Kier alpha value is -1.32. The summed E-state index contributed by atoms with van der Waals surface area (Å²) in [6.45, 7) is 1.82. The molecule has 0 spiro atoms. The van der Waals surface area contributed by atoms with E-state index >= 15 is 0 Å². The molecule has 0 radical (unpaired) electrons. The second-order valence-electron chi connectivity index (χ2n) is 3.83. The average Bonchev–Trinajstić information content (AvgIpc) is 2.54. The average molecular weight is 327 g/mol. The summed E-state index contributed by atoms with van der Waals surface area (Å²) in [5, 5.41) is 1.64. The maximum Gasteiger partial charge on any atom is 0.460 e. The third-order valence-electron chi connectivity index (χ3n) is 2.39. The predicted octanol–water partition coefficient (Wildman–Crippen LogP) is 3.79. The van der Waals surface area contributed by atoms with Crippen molar-refractivity contribution in [3.05, 3.63) is 16.4 Å². The summed E-state index contributed by atoms with van der Waals surface area (Å²) < 4.78 is 88.8. The molecule has 11 heteroatoms. The van der Waals surface area contributed by atoms with Gasteiger partial charge in [0, 0.05) is 6.92 Å². The fourth-order valence-corrected chi connectivity index (χ4v) is 1.55. The van der Waals surface area contributed by atoms with Crippen LogP contribution in [0.3, 0.4) is 0 Å². The van der Waals surface area contributed by atoms with Crippen LogP contribution < -0.4 is 0 Å². The molecule has 0 bridgehead atoms. The molecular weight excluding hydrogens is 321 g/mol. The number of nitrogens with zero attached hydrogens (tertiary/aromatic N) is 2. The lowest BCUT2D eigenvalue weighted by Gasteiger charge is -2.26. The lowest BCUT2D eigenvalue weighted by molar-refractivity contribution is -0.360. The Morgan fingerprint density at radius 2 is 1.60 bits per heavy atom. The summed E-state index contributed by atoms with van der Waals surface area (Å²) >= 11 is 5.28. The van der Waals surface area contributed by atoms with Gasteiger partial charge in [-0.15, -0.1) is 0 Å². The van der Waals surface area contributed by atoms with E-state index in [1.54, 1.807) is 0 Å². The Bertz CT molecular complexity index is 549. The van der Waals surface area contributed by atoms with E-state index in [0.29, 0.717) is 0 Å². The van der Waals surface area contributed by atoms with E-state index in [-0.39, 0.29) is 4.68 Å². The van der Waals surface area contributed by atoms with Crippen LogP contribution in [0.15, 0.2) is 0 Å². The Morgan fingerprint density at radius 1 is 1.15 bits per heavy atom. The van der Waals surface area contributed by atoms with Crippen LogP contribution in [0.5, 0.6) is 0 Å². The fraction of sp³-hybridized carbons (Fsp3) is 0.556. The Labute approximate surface area is 112 Å². The van der Waals surface area contributed by atoms with Gasteiger partial charge < -0.3 is 0 Å². The van der Waals surface area contributed by atoms with Gasteiger partial charge in [0.2, 0.25) is 5.91 Å². The zero-order chi connectivity index (χ0) is 16.1. The molecule has 0 aliphatic carbocycles. The van der Waals surface area contributed by atoms with Crippen LogP contribution >= 0.6 is 11.6 Å². The minimum atomic E-state index is -6.51. The van der Waals surface area contributed by atoms with Crippen LogP contribution in [-0.2, 0) is 5.92 Å². The highest BCUT2D eigenvalue weighted by Gasteiger charge is 2.75. The number of rotatable bonds is 2. The molecule has 0 saturated carbocycles. The van der Waals surface area contributed by atoms with E-state index in [0.717, 1.165) is 13.8 Å². The minimum absolute atomic E-state index is 0.220. The van der Waals surface area contributed by atoms with Crippen molar-refractivity contribution in [1.82, 2.24) is 9.78 Å². The largest absolute Gasteiger partial charge is 0.460 e. The van der Waals surface area contributed by atoms with Crippen LogP contribution in [-0.4, -0.2) is 27.8 Å². The molecule has 20 heavy (non-hydrogen) atoms. The van der Waals surface area contributed by atoms with Crippen LogP contribution in [0.25, 0.3) is 0 Å². The molecule has 1 rings (SSSR count). The molecule has 0 fully saturated rings. The van der Waals surface area contributed by atoms with Crippen molar-refractivity contribution in [3.8, 4) is 0 Å². The molecule has 114 valence electrons. The van der Waals surface area contributed by atoms with Crippen LogP contribution in [0.2, 0.25) is 5.02 Å². The highest BCUT2D eigenvalue weighted by molar-refractivity contribution is 6.32. The van der Waals surface area contributed by atoms with E-state index in [2.05, 4.69) is 5.10 Å². The van der Waals surface area contributed by atoms with Gasteiger partial charge >= 0.3 is 18.0 Å². The molecule has 0 aliphatic heterocycles. The molecule has 0 unspecified atom stereocenters.